The van der Waals surface area contributed by atoms with E-state index in [1.54, 1.807) is 0 Å². The monoisotopic (exact) mass is 372 g/mol. The summed E-state index contributed by atoms with van der Waals surface area (Å²) in [5.74, 6) is 1.58. The predicted octanol–water partition coefficient (Wildman–Crippen LogP) is 4.93. The van der Waals surface area contributed by atoms with Gasteiger partial charge in [-0.25, -0.2) is 0 Å². The van der Waals surface area contributed by atoms with Crippen molar-refractivity contribution in [3.05, 3.63) is 29.3 Å². The number of ether oxygens (including phenoxy) is 1. The molecule has 0 amide bonds. The fourth-order valence-corrected chi connectivity index (χ4v) is 5.11. The lowest BCUT2D eigenvalue weighted by molar-refractivity contribution is 0.0218. The normalized spacial score (nSPS) is 37.6. The van der Waals surface area contributed by atoms with Crippen molar-refractivity contribution in [3.63, 3.8) is 0 Å². The highest BCUT2D eigenvalue weighted by Crippen LogP contribution is 2.61. The Kier molecular flexibility index (Phi) is 2.88. The van der Waals surface area contributed by atoms with Crippen molar-refractivity contribution in [2.24, 2.45) is 5.92 Å². The molecule has 2 aliphatic rings. The summed E-state index contributed by atoms with van der Waals surface area (Å²) < 4.78 is 6.63. The first-order valence-corrected chi connectivity index (χ1v) is 8.31. The fourth-order valence-electron chi connectivity index (χ4n) is 3.67. The second-order valence-corrected chi connectivity index (χ2v) is 9.06. The van der Waals surface area contributed by atoms with E-state index in [2.05, 4.69) is 70.8 Å². The molecule has 1 heterocycles. The van der Waals surface area contributed by atoms with Gasteiger partial charge < -0.3 is 4.74 Å². The van der Waals surface area contributed by atoms with Crippen LogP contribution in [0.4, 0.5) is 0 Å². The Morgan fingerprint density at radius 3 is 2.72 bits per heavy atom. The molecule has 3 atom stereocenters. The number of rotatable bonds is 1. The summed E-state index contributed by atoms with van der Waals surface area (Å²) in [4.78, 5) is 0. The SMILES string of the molecule is Cc1ccc2c(c1)OC1(C(Br)Br)CC[C@]2(C)[C@H]1C. The average Bonchev–Trinajstić information content (AvgIpc) is 2.50. The van der Waals surface area contributed by atoms with Crippen LogP contribution in [0.1, 0.15) is 37.8 Å². The molecule has 1 aromatic rings. The molecule has 1 aliphatic heterocycles. The maximum Gasteiger partial charge on any atom is 0.135 e. The molecule has 3 heteroatoms. The smallest absolute Gasteiger partial charge is 0.135 e. The summed E-state index contributed by atoms with van der Waals surface area (Å²) in [5.41, 5.74) is 2.77. The van der Waals surface area contributed by atoms with E-state index in [-0.39, 0.29) is 14.8 Å². The van der Waals surface area contributed by atoms with E-state index in [1.165, 1.54) is 17.5 Å². The van der Waals surface area contributed by atoms with Crippen LogP contribution in [0.5, 0.6) is 5.75 Å². The van der Waals surface area contributed by atoms with E-state index in [0.717, 1.165) is 12.2 Å². The van der Waals surface area contributed by atoms with E-state index in [0.29, 0.717) is 5.92 Å². The van der Waals surface area contributed by atoms with Gasteiger partial charge in [0.05, 0.1) is 0 Å². The lowest BCUT2D eigenvalue weighted by Crippen LogP contribution is -2.51. The van der Waals surface area contributed by atoms with Crippen LogP contribution >= 0.6 is 31.9 Å². The number of fused-ring (bicyclic) bond motifs is 4. The van der Waals surface area contributed by atoms with Gasteiger partial charge in [0.15, 0.2) is 0 Å². The van der Waals surface area contributed by atoms with E-state index in [1.807, 2.05) is 0 Å². The van der Waals surface area contributed by atoms with Crippen LogP contribution in [-0.2, 0) is 5.41 Å². The molecule has 18 heavy (non-hydrogen) atoms. The summed E-state index contributed by atoms with van der Waals surface area (Å²) in [5, 5.41) is 0. The van der Waals surface area contributed by atoms with Crippen LogP contribution in [0.15, 0.2) is 18.2 Å². The molecule has 1 unspecified atom stereocenters. The lowest BCUT2D eigenvalue weighted by Gasteiger charge is -2.46. The van der Waals surface area contributed by atoms with Gasteiger partial charge in [0.1, 0.15) is 15.1 Å². The summed E-state index contributed by atoms with van der Waals surface area (Å²) in [6.45, 7) is 6.84. The number of halogens is 2. The van der Waals surface area contributed by atoms with Crippen LogP contribution in [0.25, 0.3) is 0 Å². The lowest BCUT2D eigenvalue weighted by atomic mass is 9.70. The summed E-state index contributed by atoms with van der Waals surface area (Å²) in [6.07, 6.45) is 2.29. The van der Waals surface area contributed by atoms with Gasteiger partial charge in [-0.1, -0.05) is 57.8 Å². The first-order chi connectivity index (χ1) is 8.40. The molecule has 0 radical (unpaired) electrons. The average molecular weight is 374 g/mol. The van der Waals surface area contributed by atoms with Crippen molar-refractivity contribution in [1.82, 2.24) is 0 Å². The number of aryl methyl sites for hydroxylation is 1. The Hall–Kier alpha value is -0.0200. The fraction of sp³-hybridized carbons (Fsp3) is 0.600. The highest BCUT2D eigenvalue weighted by molar-refractivity contribution is 9.24. The maximum absolute atomic E-state index is 6.44. The van der Waals surface area contributed by atoms with E-state index in [4.69, 9.17) is 4.74 Å². The summed E-state index contributed by atoms with van der Waals surface area (Å²) in [7, 11) is 0. The van der Waals surface area contributed by atoms with Crippen molar-refractivity contribution >= 4 is 31.9 Å². The van der Waals surface area contributed by atoms with Gasteiger partial charge in [-0.15, -0.1) is 0 Å². The Labute approximate surface area is 126 Å². The van der Waals surface area contributed by atoms with Crippen molar-refractivity contribution < 1.29 is 4.74 Å². The summed E-state index contributed by atoms with van der Waals surface area (Å²) >= 11 is 7.41. The minimum absolute atomic E-state index is 0.116. The first kappa shape index (κ1) is 13.0. The van der Waals surface area contributed by atoms with E-state index < -0.39 is 0 Å². The zero-order valence-electron chi connectivity index (χ0n) is 11.0. The van der Waals surface area contributed by atoms with Crippen LogP contribution in [0.2, 0.25) is 0 Å². The maximum atomic E-state index is 6.44. The predicted molar refractivity (Wildman–Crippen MR) is 81.9 cm³/mol. The Bertz CT molecular complexity index is 499. The van der Waals surface area contributed by atoms with Crippen LogP contribution < -0.4 is 4.74 Å². The Morgan fingerprint density at radius 1 is 1.33 bits per heavy atom. The van der Waals surface area contributed by atoms with Crippen molar-refractivity contribution in [1.29, 1.82) is 0 Å². The second-order valence-electron chi connectivity index (χ2n) is 6.00. The molecule has 1 aliphatic carbocycles. The van der Waals surface area contributed by atoms with Crippen LogP contribution in [0.3, 0.4) is 0 Å². The van der Waals surface area contributed by atoms with Gasteiger partial charge in [0.25, 0.3) is 0 Å². The third-order valence-electron chi connectivity index (χ3n) is 5.15. The van der Waals surface area contributed by atoms with Crippen LogP contribution in [0, 0.1) is 12.8 Å². The molecule has 98 valence electrons. The summed E-state index contributed by atoms with van der Waals surface area (Å²) in [6, 6.07) is 6.64. The number of hydrogen-bond acceptors (Lipinski definition) is 1. The standard InChI is InChI=1S/C15H18Br2O/c1-9-4-5-11-12(8-9)18-15(13(16)17)7-6-14(11,3)10(15)2/h4-5,8,10,13H,6-7H2,1-3H3/t10-,14-,15?/m1/s1. The van der Waals surface area contributed by atoms with Gasteiger partial charge in [-0.05, 0) is 31.4 Å². The van der Waals surface area contributed by atoms with Gasteiger partial charge in [0, 0.05) is 16.9 Å². The van der Waals surface area contributed by atoms with Gasteiger partial charge in [0.2, 0.25) is 0 Å². The molecule has 0 spiro atoms. The quantitative estimate of drug-likeness (QED) is 0.634. The number of hydrogen-bond donors (Lipinski definition) is 0. The molecule has 0 saturated heterocycles. The molecule has 0 N–H and O–H groups in total. The molecule has 3 rings (SSSR count). The van der Waals surface area contributed by atoms with Gasteiger partial charge >= 0.3 is 0 Å². The van der Waals surface area contributed by atoms with Crippen molar-refractivity contribution in [2.45, 2.75) is 48.4 Å². The Balaban J connectivity index is 2.20. The van der Waals surface area contributed by atoms with Crippen LogP contribution in [-0.4, -0.2) is 9.34 Å². The second kappa shape index (κ2) is 3.99. The highest BCUT2D eigenvalue weighted by atomic mass is 79.9. The molecule has 1 aromatic carbocycles. The molecule has 2 bridgehead atoms. The largest absolute Gasteiger partial charge is 0.485 e. The Morgan fingerprint density at radius 2 is 2.06 bits per heavy atom. The van der Waals surface area contributed by atoms with Gasteiger partial charge in [-0.3, -0.25) is 0 Å². The first-order valence-electron chi connectivity index (χ1n) is 6.48. The molecule has 1 saturated carbocycles. The van der Waals surface area contributed by atoms with E-state index in [9.17, 15) is 0 Å². The molecule has 1 nitrogen and oxygen atoms in total. The molecule has 0 aromatic heterocycles. The number of benzene rings is 1. The molecular weight excluding hydrogens is 356 g/mol. The highest BCUT2D eigenvalue weighted by Gasteiger charge is 2.61. The van der Waals surface area contributed by atoms with Crippen molar-refractivity contribution in [3.8, 4) is 5.75 Å². The zero-order valence-corrected chi connectivity index (χ0v) is 14.1. The minimum atomic E-state index is -0.116. The number of alkyl halides is 2. The van der Waals surface area contributed by atoms with E-state index >= 15 is 0 Å². The molecule has 1 fully saturated rings. The third kappa shape index (κ3) is 1.49. The molecular formula is C15H18Br2O. The topological polar surface area (TPSA) is 9.23 Å². The van der Waals surface area contributed by atoms with Crippen molar-refractivity contribution in [2.75, 3.05) is 0 Å². The third-order valence-corrected chi connectivity index (χ3v) is 6.70. The minimum Gasteiger partial charge on any atom is -0.485 e. The zero-order chi connectivity index (χ0) is 13.1. The van der Waals surface area contributed by atoms with Gasteiger partial charge in [-0.2, -0.15) is 0 Å².